The summed E-state index contributed by atoms with van der Waals surface area (Å²) in [4.78, 5) is 0.220. The minimum Gasteiger partial charge on any atom is -0.310 e. The number of benzene rings is 1. The van der Waals surface area contributed by atoms with E-state index >= 15 is 0 Å². The Morgan fingerprint density at radius 1 is 1.26 bits per heavy atom. The van der Waals surface area contributed by atoms with Crippen molar-refractivity contribution in [3.05, 3.63) is 35.0 Å². The summed E-state index contributed by atoms with van der Waals surface area (Å²) in [5.41, 5.74) is 1.17. The number of hydrogen-bond donors (Lipinski definition) is 1. The first kappa shape index (κ1) is 12.8. The van der Waals surface area contributed by atoms with E-state index in [9.17, 15) is 12.8 Å². The van der Waals surface area contributed by atoms with Gasteiger partial charge in [-0.05, 0) is 36.6 Å². The number of fused-ring (bicyclic) bond motifs is 1. The van der Waals surface area contributed by atoms with Gasteiger partial charge >= 0.3 is 0 Å². The Bertz CT molecular complexity index is 631. The Morgan fingerprint density at radius 2 is 2.00 bits per heavy atom. The Hall–Kier alpha value is -1.20. The monoisotopic (exact) mass is 281 g/mol. The van der Waals surface area contributed by atoms with Crippen molar-refractivity contribution in [3.8, 4) is 0 Å². The summed E-state index contributed by atoms with van der Waals surface area (Å²) in [6.07, 6.45) is 4.71. The molecule has 1 heterocycles. The number of rotatable bonds is 3. The fourth-order valence-electron chi connectivity index (χ4n) is 2.84. The Morgan fingerprint density at radius 3 is 2.74 bits per heavy atom. The Balaban J connectivity index is 1.84. The fraction of sp³-hybridized carbons (Fsp3) is 0.429. The second-order valence-electron chi connectivity index (χ2n) is 5.19. The molecule has 1 aromatic rings. The molecule has 0 atom stereocenters. The maximum Gasteiger partial charge on any atom is 0.200 e. The van der Waals surface area contributed by atoms with Gasteiger partial charge in [0.15, 0.2) is 0 Å². The molecule has 1 aliphatic heterocycles. The summed E-state index contributed by atoms with van der Waals surface area (Å²) in [5.74, 6) is -0.400. The van der Waals surface area contributed by atoms with Crippen LogP contribution in [0.2, 0.25) is 0 Å². The first-order valence-electron chi connectivity index (χ1n) is 6.55. The molecule has 0 spiro atoms. The largest absolute Gasteiger partial charge is 0.310 e. The van der Waals surface area contributed by atoms with Gasteiger partial charge in [-0.15, -0.1) is 0 Å². The van der Waals surface area contributed by atoms with E-state index in [1.807, 2.05) is 0 Å². The molecule has 1 saturated carbocycles. The first-order valence-corrected chi connectivity index (χ1v) is 8.10. The molecular formula is C14H16FNO2S. The third-order valence-corrected chi connectivity index (χ3v) is 5.39. The summed E-state index contributed by atoms with van der Waals surface area (Å²) >= 11 is 0. The van der Waals surface area contributed by atoms with Gasteiger partial charge in [-0.3, -0.25) is 0 Å². The number of sulfone groups is 1. The highest BCUT2D eigenvalue weighted by molar-refractivity contribution is 7.95. The van der Waals surface area contributed by atoms with Crippen LogP contribution >= 0.6 is 0 Å². The predicted octanol–water partition coefficient (Wildman–Crippen LogP) is 2.49. The standard InChI is InChI=1S/C14H16FNO2S/c15-11-5-6-14-13(7-11)10(9-19(14,17)18)8-16-12-3-1-2-4-12/h5-7,9,12,16H,1-4,8H2. The molecule has 0 unspecified atom stereocenters. The van der Waals surface area contributed by atoms with Gasteiger partial charge in [0.05, 0.1) is 4.90 Å². The van der Waals surface area contributed by atoms with Crippen molar-refractivity contribution in [1.29, 1.82) is 0 Å². The molecule has 1 aromatic carbocycles. The number of nitrogens with one attached hydrogen (secondary N) is 1. The summed E-state index contributed by atoms with van der Waals surface area (Å²) in [6, 6.07) is 4.31. The van der Waals surface area contributed by atoms with E-state index in [1.165, 1.54) is 36.4 Å². The van der Waals surface area contributed by atoms with Crippen molar-refractivity contribution < 1.29 is 12.8 Å². The van der Waals surface area contributed by atoms with Gasteiger partial charge in [-0.2, -0.15) is 0 Å². The predicted molar refractivity (Wildman–Crippen MR) is 71.8 cm³/mol. The molecule has 2 aliphatic rings. The zero-order valence-electron chi connectivity index (χ0n) is 10.5. The van der Waals surface area contributed by atoms with Crippen molar-refractivity contribution in [2.45, 2.75) is 36.6 Å². The zero-order chi connectivity index (χ0) is 13.5. The van der Waals surface area contributed by atoms with Gasteiger partial charge < -0.3 is 5.32 Å². The van der Waals surface area contributed by atoms with Crippen LogP contribution in [0.4, 0.5) is 4.39 Å². The average molecular weight is 281 g/mol. The molecule has 19 heavy (non-hydrogen) atoms. The van der Waals surface area contributed by atoms with Gasteiger partial charge in [0.25, 0.3) is 0 Å². The van der Waals surface area contributed by atoms with E-state index in [1.54, 1.807) is 0 Å². The highest BCUT2D eigenvalue weighted by Gasteiger charge is 2.27. The molecule has 0 amide bonds. The molecule has 102 valence electrons. The fourth-order valence-corrected chi connectivity index (χ4v) is 4.30. The van der Waals surface area contributed by atoms with E-state index in [0.717, 1.165) is 12.8 Å². The lowest BCUT2D eigenvalue weighted by Gasteiger charge is -2.12. The molecule has 0 aromatic heterocycles. The molecule has 0 radical (unpaired) electrons. The summed E-state index contributed by atoms with van der Waals surface area (Å²) < 4.78 is 37.2. The highest BCUT2D eigenvalue weighted by atomic mass is 32.2. The molecular weight excluding hydrogens is 265 g/mol. The van der Waals surface area contributed by atoms with Crippen LogP contribution in [0.5, 0.6) is 0 Å². The topological polar surface area (TPSA) is 46.2 Å². The molecule has 5 heteroatoms. The van der Waals surface area contributed by atoms with Crippen LogP contribution in [0, 0.1) is 5.82 Å². The van der Waals surface area contributed by atoms with Gasteiger partial charge in [-0.25, -0.2) is 12.8 Å². The lowest BCUT2D eigenvalue weighted by atomic mass is 10.1. The SMILES string of the molecule is O=S1(=O)C=C(CNC2CCCC2)c2cc(F)ccc21. The maximum atomic E-state index is 13.3. The van der Waals surface area contributed by atoms with E-state index in [2.05, 4.69) is 5.32 Å². The second-order valence-corrected chi connectivity index (χ2v) is 6.96. The third-order valence-electron chi connectivity index (χ3n) is 3.83. The molecule has 3 rings (SSSR count). The molecule has 3 nitrogen and oxygen atoms in total. The number of halogens is 1. The molecule has 1 fully saturated rings. The minimum atomic E-state index is -3.39. The summed E-state index contributed by atoms with van der Waals surface area (Å²) in [7, 11) is -3.39. The van der Waals surface area contributed by atoms with Crippen LogP contribution in [0.15, 0.2) is 28.5 Å². The van der Waals surface area contributed by atoms with Crippen molar-refractivity contribution in [1.82, 2.24) is 5.32 Å². The highest BCUT2D eigenvalue weighted by Crippen LogP contribution is 2.33. The van der Waals surface area contributed by atoms with E-state index in [-0.39, 0.29) is 4.90 Å². The van der Waals surface area contributed by atoms with Crippen molar-refractivity contribution in [2.75, 3.05) is 6.54 Å². The van der Waals surface area contributed by atoms with Crippen LogP contribution in [0.1, 0.15) is 31.2 Å². The quantitative estimate of drug-likeness (QED) is 0.866. The third kappa shape index (κ3) is 2.44. The molecule has 1 aliphatic carbocycles. The van der Waals surface area contributed by atoms with Crippen molar-refractivity contribution in [2.24, 2.45) is 0 Å². The normalized spacial score (nSPS) is 21.4. The van der Waals surface area contributed by atoms with Crippen molar-refractivity contribution in [3.63, 3.8) is 0 Å². The summed E-state index contributed by atoms with van der Waals surface area (Å²) in [6.45, 7) is 0.486. The van der Waals surface area contributed by atoms with Crippen LogP contribution < -0.4 is 5.32 Å². The van der Waals surface area contributed by atoms with Gasteiger partial charge in [0.2, 0.25) is 9.84 Å². The second kappa shape index (κ2) is 4.72. The smallest absolute Gasteiger partial charge is 0.200 e. The molecule has 1 N–H and O–H groups in total. The molecule has 0 bridgehead atoms. The Labute approximate surface area is 112 Å². The van der Waals surface area contributed by atoms with Gasteiger partial charge in [0.1, 0.15) is 5.82 Å². The van der Waals surface area contributed by atoms with E-state index in [4.69, 9.17) is 0 Å². The van der Waals surface area contributed by atoms with Crippen molar-refractivity contribution >= 4 is 15.4 Å². The maximum absolute atomic E-state index is 13.3. The first-order chi connectivity index (χ1) is 9.06. The van der Waals surface area contributed by atoms with Gasteiger partial charge in [0, 0.05) is 23.6 Å². The van der Waals surface area contributed by atoms with Crippen LogP contribution in [0.3, 0.4) is 0 Å². The Kier molecular flexibility index (Phi) is 3.19. The molecule has 0 saturated heterocycles. The lowest BCUT2D eigenvalue weighted by molar-refractivity contribution is 0.560. The average Bonchev–Trinajstić information content (AvgIpc) is 2.94. The van der Waals surface area contributed by atoms with Gasteiger partial charge in [-0.1, -0.05) is 12.8 Å². The minimum absolute atomic E-state index is 0.220. The van der Waals surface area contributed by atoms with Crippen LogP contribution in [-0.4, -0.2) is 21.0 Å². The summed E-state index contributed by atoms with van der Waals surface area (Å²) in [5, 5.41) is 4.63. The van der Waals surface area contributed by atoms with E-state index in [0.29, 0.717) is 23.7 Å². The van der Waals surface area contributed by atoms with Crippen LogP contribution in [0.25, 0.3) is 5.57 Å². The lowest BCUT2D eigenvalue weighted by Crippen LogP contribution is -2.27. The number of hydrogen-bond acceptors (Lipinski definition) is 3. The van der Waals surface area contributed by atoms with E-state index < -0.39 is 15.7 Å². The zero-order valence-corrected chi connectivity index (χ0v) is 11.3. The van der Waals surface area contributed by atoms with Crippen LogP contribution in [-0.2, 0) is 9.84 Å².